The lowest BCUT2D eigenvalue weighted by atomic mass is 10.2. The lowest BCUT2D eigenvalue weighted by molar-refractivity contribution is -0.117. The van der Waals surface area contributed by atoms with Crippen LogP contribution in [-0.2, 0) is 24.8 Å². The molecule has 2 aromatic rings. The molecule has 13 heteroatoms. The minimum atomic E-state index is -4.02. The van der Waals surface area contributed by atoms with Crippen LogP contribution in [0.25, 0.3) is 0 Å². The number of carbonyl (C=O) groups excluding carboxylic acids is 1. The summed E-state index contributed by atoms with van der Waals surface area (Å²) < 4.78 is 62.3. The maximum atomic E-state index is 12.5. The van der Waals surface area contributed by atoms with Gasteiger partial charge in [0.15, 0.2) is 5.76 Å². The Hall–Kier alpha value is -2.64. The molecule has 0 aliphatic heterocycles. The molecule has 0 saturated carbocycles. The van der Waals surface area contributed by atoms with Gasteiger partial charge in [0.25, 0.3) is 0 Å². The van der Waals surface area contributed by atoms with Gasteiger partial charge in [-0.05, 0) is 32.9 Å². The van der Waals surface area contributed by atoms with Gasteiger partial charge in [0.2, 0.25) is 26.0 Å². The highest BCUT2D eigenvalue weighted by Gasteiger charge is 2.28. The molecular weight excluding hydrogens is 424 g/mol. The Labute approximate surface area is 168 Å². The van der Waals surface area contributed by atoms with E-state index in [9.17, 15) is 21.6 Å². The van der Waals surface area contributed by atoms with Crippen LogP contribution in [-0.4, -0.2) is 47.3 Å². The van der Waals surface area contributed by atoms with E-state index in [2.05, 4.69) is 19.9 Å². The minimum absolute atomic E-state index is 0.112. The number of hydrogen-bond acceptors (Lipinski definition) is 8. The fourth-order valence-corrected chi connectivity index (χ4v) is 4.61. The monoisotopic (exact) mass is 446 g/mol. The Balaban J connectivity index is 2.15. The average Bonchev–Trinajstić information content (AvgIpc) is 2.93. The molecule has 1 aromatic heterocycles. The fourth-order valence-electron chi connectivity index (χ4n) is 2.51. The van der Waals surface area contributed by atoms with E-state index < -0.39 is 32.0 Å². The second-order valence-corrected chi connectivity index (χ2v) is 9.67. The Morgan fingerprint density at radius 1 is 1.21 bits per heavy atom. The minimum Gasteiger partial charge on any atom is -0.494 e. The summed E-state index contributed by atoms with van der Waals surface area (Å²) in [6.07, 6.45) is 0.995. The molecule has 0 bridgehead atoms. The van der Waals surface area contributed by atoms with E-state index in [0.29, 0.717) is 0 Å². The van der Waals surface area contributed by atoms with E-state index in [1.807, 2.05) is 0 Å². The van der Waals surface area contributed by atoms with E-state index >= 15 is 0 Å². The first-order valence-electron chi connectivity index (χ1n) is 8.26. The molecule has 1 amide bonds. The number of carbonyl (C=O) groups is 1. The number of nitrogens with zero attached hydrogens (tertiary/aromatic N) is 1. The topological polar surface area (TPSA) is 157 Å². The van der Waals surface area contributed by atoms with Crippen LogP contribution in [0.1, 0.15) is 18.4 Å². The van der Waals surface area contributed by atoms with Crippen LogP contribution in [0.3, 0.4) is 0 Å². The van der Waals surface area contributed by atoms with E-state index in [4.69, 9.17) is 9.26 Å². The largest absolute Gasteiger partial charge is 0.494 e. The van der Waals surface area contributed by atoms with E-state index in [0.717, 1.165) is 6.26 Å². The van der Waals surface area contributed by atoms with Crippen LogP contribution in [0, 0.1) is 13.8 Å². The molecule has 1 aromatic carbocycles. The number of rotatable bonds is 8. The fraction of sp³-hybridized carbons (Fsp3) is 0.375. The standard InChI is InChI=1S/C16H22N4O7S2/c1-9-15(11(3)27-18-9)29(24,25)19-10(2)16(21)17-12-6-7-13(14(8-12)26-4)20-28(5,22)23/h6-8,10,19-20H,1-5H3,(H,17,21)/t10-/m0/s1. The SMILES string of the molecule is COc1cc(NC(=O)[C@H](C)NS(=O)(=O)c2c(C)noc2C)ccc1NS(C)(=O)=O. The normalized spacial score (nSPS) is 13.0. The average molecular weight is 447 g/mol. The molecule has 0 unspecified atom stereocenters. The highest BCUT2D eigenvalue weighted by molar-refractivity contribution is 7.92. The lowest BCUT2D eigenvalue weighted by Crippen LogP contribution is -2.41. The lowest BCUT2D eigenvalue weighted by Gasteiger charge is -2.16. The second-order valence-electron chi connectivity index (χ2n) is 6.27. The summed E-state index contributed by atoms with van der Waals surface area (Å²) in [5, 5.41) is 6.14. The number of ether oxygens (including phenoxy) is 1. The number of sulfonamides is 2. The Morgan fingerprint density at radius 2 is 1.86 bits per heavy atom. The molecule has 29 heavy (non-hydrogen) atoms. The van der Waals surface area contributed by atoms with Crippen molar-refractivity contribution in [3.63, 3.8) is 0 Å². The predicted octanol–water partition coefficient (Wildman–Crippen LogP) is 0.977. The number of amides is 1. The van der Waals surface area contributed by atoms with Crippen LogP contribution < -0.4 is 19.5 Å². The summed E-state index contributed by atoms with van der Waals surface area (Å²) in [6.45, 7) is 4.31. The number of nitrogens with one attached hydrogen (secondary N) is 3. The summed E-state index contributed by atoms with van der Waals surface area (Å²) >= 11 is 0. The molecule has 0 fully saturated rings. The molecule has 160 valence electrons. The van der Waals surface area contributed by atoms with Crippen molar-refractivity contribution in [1.82, 2.24) is 9.88 Å². The van der Waals surface area contributed by atoms with Crippen molar-refractivity contribution in [1.29, 1.82) is 0 Å². The van der Waals surface area contributed by atoms with E-state index in [-0.39, 0.29) is 33.5 Å². The van der Waals surface area contributed by atoms with Crippen LogP contribution in [0.4, 0.5) is 11.4 Å². The highest BCUT2D eigenvalue weighted by atomic mass is 32.2. The summed E-state index contributed by atoms with van der Waals surface area (Å²) in [6, 6.07) is 3.15. The quantitative estimate of drug-likeness (QED) is 0.541. The summed E-state index contributed by atoms with van der Waals surface area (Å²) in [4.78, 5) is 12.3. The third kappa shape index (κ3) is 5.68. The van der Waals surface area contributed by atoms with E-state index in [1.54, 1.807) is 0 Å². The van der Waals surface area contributed by atoms with Gasteiger partial charge in [-0.15, -0.1) is 0 Å². The van der Waals surface area contributed by atoms with Gasteiger partial charge in [-0.1, -0.05) is 5.16 Å². The van der Waals surface area contributed by atoms with Crippen molar-refractivity contribution in [3.8, 4) is 5.75 Å². The highest BCUT2D eigenvalue weighted by Crippen LogP contribution is 2.28. The third-order valence-corrected chi connectivity index (χ3v) is 6.10. The van der Waals surface area contributed by atoms with E-state index in [1.165, 1.54) is 46.1 Å². The molecule has 0 radical (unpaired) electrons. The van der Waals surface area contributed by atoms with Crippen LogP contribution in [0.2, 0.25) is 0 Å². The summed E-state index contributed by atoms with van der Waals surface area (Å²) in [5.74, 6) is -0.343. The van der Waals surface area contributed by atoms with Gasteiger partial charge >= 0.3 is 0 Å². The van der Waals surface area contributed by atoms with Crippen LogP contribution in [0.15, 0.2) is 27.6 Å². The van der Waals surface area contributed by atoms with Crippen LogP contribution in [0.5, 0.6) is 5.75 Å². The van der Waals surface area contributed by atoms with Crippen molar-refractivity contribution in [2.45, 2.75) is 31.7 Å². The van der Waals surface area contributed by atoms with Gasteiger partial charge in [-0.25, -0.2) is 16.8 Å². The maximum Gasteiger partial charge on any atom is 0.246 e. The molecular formula is C16H22N4O7S2. The van der Waals surface area contributed by atoms with Gasteiger partial charge in [0.1, 0.15) is 16.3 Å². The van der Waals surface area contributed by atoms with Crippen molar-refractivity contribution >= 4 is 37.3 Å². The Bertz CT molecular complexity index is 1100. The first-order chi connectivity index (χ1) is 13.3. The van der Waals surface area contributed by atoms with Crippen molar-refractivity contribution in [2.24, 2.45) is 0 Å². The summed E-state index contributed by atoms with van der Waals surface area (Å²) in [5.41, 5.74) is 0.663. The van der Waals surface area contributed by atoms with Gasteiger partial charge in [-0.3, -0.25) is 9.52 Å². The number of benzene rings is 1. The molecule has 0 aliphatic carbocycles. The molecule has 1 heterocycles. The third-order valence-electron chi connectivity index (χ3n) is 3.73. The Morgan fingerprint density at radius 3 is 2.38 bits per heavy atom. The van der Waals surface area contributed by atoms with Gasteiger partial charge in [0.05, 0.1) is 25.1 Å². The van der Waals surface area contributed by atoms with Crippen LogP contribution >= 0.6 is 0 Å². The number of anilines is 2. The van der Waals surface area contributed by atoms with Gasteiger partial charge in [0, 0.05) is 11.8 Å². The first-order valence-corrected chi connectivity index (χ1v) is 11.6. The molecule has 2 rings (SSSR count). The van der Waals surface area contributed by atoms with Crippen molar-refractivity contribution in [2.75, 3.05) is 23.4 Å². The van der Waals surface area contributed by atoms with Gasteiger partial charge in [-0.2, -0.15) is 4.72 Å². The molecule has 0 saturated heterocycles. The number of aromatic nitrogens is 1. The first kappa shape index (κ1) is 22.6. The number of hydrogen-bond donors (Lipinski definition) is 3. The maximum absolute atomic E-state index is 12.5. The number of aryl methyl sites for hydroxylation is 2. The second kappa shape index (κ2) is 8.39. The van der Waals surface area contributed by atoms with Gasteiger partial charge < -0.3 is 14.6 Å². The number of methoxy groups -OCH3 is 1. The smallest absolute Gasteiger partial charge is 0.246 e. The molecule has 11 nitrogen and oxygen atoms in total. The molecule has 0 aliphatic rings. The zero-order valence-corrected chi connectivity index (χ0v) is 18.1. The molecule has 1 atom stereocenters. The summed E-state index contributed by atoms with van der Waals surface area (Å²) in [7, 11) is -6.20. The molecule has 3 N–H and O–H groups in total. The molecule has 0 spiro atoms. The zero-order chi connectivity index (χ0) is 22.0. The Kier molecular flexibility index (Phi) is 6.55. The van der Waals surface area contributed by atoms with Crippen molar-refractivity contribution in [3.05, 3.63) is 29.7 Å². The van der Waals surface area contributed by atoms with Crippen molar-refractivity contribution < 1.29 is 30.9 Å². The zero-order valence-electron chi connectivity index (χ0n) is 16.4. The predicted molar refractivity (Wildman–Crippen MR) is 106 cm³/mol.